The van der Waals surface area contributed by atoms with E-state index in [1.807, 2.05) is 23.5 Å². The van der Waals surface area contributed by atoms with Crippen molar-refractivity contribution in [3.63, 3.8) is 0 Å². The Kier molecular flexibility index (Phi) is 9.88. The van der Waals surface area contributed by atoms with Crippen LogP contribution in [0.25, 0.3) is 33.4 Å². The van der Waals surface area contributed by atoms with Crippen LogP contribution in [0.3, 0.4) is 0 Å². The Balaban J connectivity index is 0.935. The van der Waals surface area contributed by atoms with Crippen LogP contribution in [0.2, 0.25) is 13.1 Å². The molecule has 326 valence electrons. The highest BCUT2D eigenvalue weighted by Crippen LogP contribution is 2.54. The van der Waals surface area contributed by atoms with E-state index in [0.717, 1.165) is 39.7 Å². The van der Waals surface area contributed by atoms with Crippen molar-refractivity contribution < 1.29 is 4.74 Å². The number of ether oxygens (including phenoxy) is 1. The number of hydrogen-bond acceptors (Lipinski definition) is 4. The molecule has 3 aliphatic rings. The van der Waals surface area contributed by atoms with Crippen molar-refractivity contribution in [2.24, 2.45) is 0 Å². The summed E-state index contributed by atoms with van der Waals surface area (Å²) in [7, 11) is -1.87. The maximum atomic E-state index is 6.73. The fourth-order valence-electron chi connectivity index (χ4n) is 10.9. The summed E-state index contributed by atoms with van der Waals surface area (Å²) in [5.41, 5.74) is 15.4. The lowest BCUT2D eigenvalue weighted by Crippen LogP contribution is -2.56. The normalized spacial score (nSPS) is 15.4. The number of fused-ring (bicyclic) bond motifs is 6. The lowest BCUT2D eigenvalue weighted by atomic mass is 9.75. The number of para-hydroxylation sites is 2. The monoisotopic (exact) mass is 917 g/mol. The molecule has 0 atom stereocenters. The molecule has 12 rings (SSSR count). The van der Waals surface area contributed by atoms with Gasteiger partial charge in [0, 0.05) is 64.2 Å². The van der Waals surface area contributed by atoms with E-state index in [1.165, 1.54) is 74.5 Å². The van der Waals surface area contributed by atoms with Crippen LogP contribution in [-0.4, -0.2) is 8.07 Å². The first-order chi connectivity index (χ1) is 32.5. The average Bonchev–Trinajstić information content (AvgIpc) is 3.35. The molecule has 0 N–H and O–H groups in total. The highest BCUT2D eigenvalue weighted by Gasteiger charge is 2.38. The summed E-state index contributed by atoms with van der Waals surface area (Å²) in [6.45, 7) is 14.3. The number of hydrogen-bond donors (Lipinski definition) is 0. The first-order valence-electron chi connectivity index (χ1n) is 23.3. The molecule has 0 unspecified atom stereocenters. The predicted molar refractivity (Wildman–Crippen MR) is 286 cm³/mol. The quantitative estimate of drug-likeness (QED) is 0.154. The van der Waals surface area contributed by atoms with Gasteiger partial charge in [-0.1, -0.05) is 210 Å². The fraction of sp³-hybridized carbons (Fsp3) is 0.129. The lowest BCUT2D eigenvalue weighted by molar-refractivity contribution is 0.419. The molecule has 3 heterocycles. The maximum absolute atomic E-state index is 6.73. The van der Waals surface area contributed by atoms with E-state index in [2.05, 4.69) is 246 Å². The van der Waals surface area contributed by atoms with Gasteiger partial charge in [-0.25, -0.2) is 0 Å². The molecule has 0 saturated heterocycles. The Morgan fingerprint density at radius 2 is 0.836 bits per heavy atom. The Bertz CT molecular complexity index is 3040. The molecule has 0 bridgehead atoms. The minimum atomic E-state index is -1.87. The van der Waals surface area contributed by atoms with Gasteiger partial charge in [0.1, 0.15) is 19.6 Å². The highest BCUT2D eigenvalue weighted by molar-refractivity contribution is 8.00. The van der Waals surface area contributed by atoms with Crippen molar-refractivity contribution in [3.8, 4) is 44.9 Å². The standard InChI is InChI=1S/C62H51NOS2Si/c1-61(2)49-19-7-9-23-53(49)64-58-46(16-13-21-51(58)61)40-28-34-43(35-29-40)63(44-36-30-41(31-37-44)47-17-14-22-52-59(47)65-54-24-10-8-20-50(54)62(52,3)4)45-38-32-42(33-39-45)48-18-15-27-57-60(48)66-55-25-11-12-26-56(55)67(57,5)6/h7-39H,1-6H3. The Labute approximate surface area is 404 Å². The number of nitrogens with zero attached hydrogens (tertiary/aromatic N) is 1. The number of anilines is 3. The van der Waals surface area contributed by atoms with Crippen molar-refractivity contribution in [2.75, 3.05) is 4.90 Å². The molecule has 0 amide bonds. The van der Waals surface area contributed by atoms with Gasteiger partial charge in [-0.3, -0.25) is 0 Å². The van der Waals surface area contributed by atoms with E-state index in [9.17, 15) is 0 Å². The summed E-state index contributed by atoms with van der Waals surface area (Å²) in [5.74, 6) is 1.86. The average molecular weight is 918 g/mol. The van der Waals surface area contributed by atoms with Gasteiger partial charge in [-0.15, -0.1) is 0 Å². The maximum Gasteiger partial charge on any atom is 0.139 e. The van der Waals surface area contributed by atoms with Crippen LogP contribution in [0.4, 0.5) is 17.1 Å². The zero-order valence-corrected chi connectivity index (χ0v) is 41.4. The number of benzene rings is 9. The molecular weight excluding hydrogens is 867 g/mol. The molecule has 3 aliphatic heterocycles. The second-order valence-corrected chi connectivity index (χ2v) is 26.1. The topological polar surface area (TPSA) is 12.5 Å². The van der Waals surface area contributed by atoms with Gasteiger partial charge in [0.2, 0.25) is 0 Å². The molecule has 2 nitrogen and oxygen atoms in total. The van der Waals surface area contributed by atoms with Crippen LogP contribution in [0.5, 0.6) is 11.5 Å². The van der Waals surface area contributed by atoms with Gasteiger partial charge >= 0.3 is 0 Å². The third-order valence-corrected chi connectivity index (χ3v) is 21.0. The molecule has 9 aromatic carbocycles. The van der Waals surface area contributed by atoms with E-state index < -0.39 is 8.07 Å². The lowest BCUT2D eigenvalue weighted by Gasteiger charge is -2.35. The predicted octanol–water partition coefficient (Wildman–Crippen LogP) is 16.7. The molecule has 0 saturated carbocycles. The largest absolute Gasteiger partial charge is 0.456 e. The molecule has 0 aliphatic carbocycles. The Hall–Kier alpha value is -6.50. The van der Waals surface area contributed by atoms with Crippen molar-refractivity contribution in [1.29, 1.82) is 0 Å². The zero-order valence-electron chi connectivity index (χ0n) is 38.7. The summed E-state index contributed by atoms with van der Waals surface area (Å²) in [4.78, 5) is 7.87. The minimum Gasteiger partial charge on any atom is -0.456 e. The molecule has 0 fully saturated rings. The molecular formula is C62H51NOS2Si. The second kappa shape index (κ2) is 15.8. The van der Waals surface area contributed by atoms with Gasteiger partial charge in [-0.05, 0) is 104 Å². The van der Waals surface area contributed by atoms with E-state index in [-0.39, 0.29) is 10.8 Å². The van der Waals surface area contributed by atoms with Crippen LogP contribution >= 0.6 is 23.5 Å². The van der Waals surface area contributed by atoms with Crippen LogP contribution in [0.1, 0.15) is 49.9 Å². The van der Waals surface area contributed by atoms with E-state index in [0.29, 0.717) is 0 Å². The van der Waals surface area contributed by atoms with Crippen LogP contribution in [0.15, 0.2) is 220 Å². The summed E-state index contributed by atoms with van der Waals surface area (Å²) in [6, 6.07) is 74.1. The van der Waals surface area contributed by atoms with Crippen LogP contribution in [-0.2, 0) is 10.8 Å². The van der Waals surface area contributed by atoms with Gasteiger partial charge in [0.25, 0.3) is 0 Å². The van der Waals surface area contributed by atoms with Gasteiger partial charge in [0.05, 0.1) is 0 Å². The smallest absolute Gasteiger partial charge is 0.139 e. The van der Waals surface area contributed by atoms with Gasteiger partial charge < -0.3 is 9.64 Å². The fourth-order valence-corrected chi connectivity index (χ4v) is 18.0. The molecule has 0 spiro atoms. The second-order valence-electron chi connectivity index (χ2n) is 19.7. The van der Waals surface area contributed by atoms with Crippen molar-refractivity contribution >= 4 is 59.0 Å². The first kappa shape index (κ1) is 41.9. The van der Waals surface area contributed by atoms with Gasteiger partial charge in [-0.2, -0.15) is 0 Å². The highest BCUT2D eigenvalue weighted by atomic mass is 32.2. The first-order valence-corrected chi connectivity index (χ1v) is 28.0. The van der Waals surface area contributed by atoms with Crippen LogP contribution < -0.4 is 20.0 Å². The molecule has 67 heavy (non-hydrogen) atoms. The van der Waals surface area contributed by atoms with E-state index in [4.69, 9.17) is 4.74 Å². The third kappa shape index (κ3) is 6.77. The molecule has 0 aromatic heterocycles. The molecule has 0 radical (unpaired) electrons. The van der Waals surface area contributed by atoms with Crippen molar-refractivity contribution in [1.82, 2.24) is 0 Å². The van der Waals surface area contributed by atoms with Crippen LogP contribution in [0, 0.1) is 0 Å². The van der Waals surface area contributed by atoms with Crippen molar-refractivity contribution in [3.05, 3.63) is 222 Å². The summed E-state index contributed by atoms with van der Waals surface area (Å²) in [6.07, 6.45) is 0. The van der Waals surface area contributed by atoms with Gasteiger partial charge in [0.15, 0.2) is 0 Å². The summed E-state index contributed by atoms with van der Waals surface area (Å²) in [5, 5.41) is 3.05. The number of rotatable bonds is 6. The molecule has 5 heteroatoms. The SMILES string of the molecule is CC1(C)c2ccccc2Oc2c(-c3ccc(N(c4ccc(-c5cccc6c5Sc5ccccc5C6(C)C)cc4)c4ccc(-c5cccc6c5Sc5ccccc5[Si]6(C)C)cc4)cc3)cccc21. The Morgan fingerprint density at radius 3 is 1.49 bits per heavy atom. The van der Waals surface area contributed by atoms with Crippen molar-refractivity contribution in [2.45, 2.75) is 71.2 Å². The molecule has 9 aromatic rings. The minimum absolute atomic E-state index is 0.0888. The summed E-state index contributed by atoms with van der Waals surface area (Å²) < 4.78 is 6.73. The van der Waals surface area contributed by atoms with E-state index >= 15 is 0 Å². The third-order valence-electron chi connectivity index (χ3n) is 14.7. The Morgan fingerprint density at radius 1 is 0.388 bits per heavy atom. The van der Waals surface area contributed by atoms with E-state index in [1.54, 1.807) is 0 Å². The summed E-state index contributed by atoms with van der Waals surface area (Å²) >= 11 is 3.83. The zero-order chi connectivity index (χ0) is 45.7.